The zero-order valence-corrected chi connectivity index (χ0v) is 8.80. The van der Waals surface area contributed by atoms with Crippen molar-refractivity contribution in [1.29, 1.82) is 0 Å². The Morgan fingerprint density at radius 2 is 2.25 bits per heavy atom. The molecule has 0 fully saturated rings. The van der Waals surface area contributed by atoms with Crippen molar-refractivity contribution in [1.82, 2.24) is 0 Å². The number of carboxylic acids is 1. The first-order chi connectivity index (χ1) is 7.63. The van der Waals surface area contributed by atoms with Crippen molar-refractivity contribution in [2.24, 2.45) is 10.9 Å². The Hall–Kier alpha value is -1.97. The van der Waals surface area contributed by atoms with Crippen LogP contribution in [0.25, 0.3) is 0 Å². The lowest BCUT2D eigenvalue weighted by Crippen LogP contribution is -2.30. The van der Waals surface area contributed by atoms with Crippen molar-refractivity contribution in [2.75, 3.05) is 0 Å². The third-order valence-corrected chi connectivity index (χ3v) is 2.70. The molecule has 1 aliphatic carbocycles. The summed E-state index contributed by atoms with van der Waals surface area (Å²) in [6, 6.07) is 0. The number of aliphatic carboxylic acids is 1. The summed E-state index contributed by atoms with van der Waals surface area (Å²) in [5.41, 5.74) is 1.41. The van der Waals surface area contributed by atoms with Crippen LogP contribution in [0.15, 0.2) is 40.6 Å². The molecule has 0 amide bonds. The second kappa shape index (κ2) is 3.89. The van der Waals surface area contributed by atoms with E-state index in [0.717, 1.165) is 18.2 Å². The number of hydrogen-bond acceptors (Lipinski definition) is 3. The van der Waals surface area contributed by atoms with Crippen LogP contribution < -0.4 is 0 Å². The van der Waals surface area contributed by atoms with Gasteiger partial charge in [0.15, 0.2) is 5.78 Å². The summed E-state index contributed by atoms with van der Waals surface area (Å²) in [6.07, 6.45) is 7.42. The summed E-state index contributed by atoms with van der Waals surface area (Å²) >= 11 is 0. The topological polar surface area (TPSA) is 66.7 Å². The molecule has 0 saturated heterocycles. The van der Waals surface area contributed by atoms with Gasteiger partial charge in [-0.25, -0.2) is 4.79 Å². The highest BCUT2D eigenvalue weighted by molar-refractivity contribution is 6.28. The first-order valence-corrected chi connectivity index (χ1v) is 5.07. The fourth-order valence-electron chi connectivity index (χ4n) is 1.75. The zero-order chi connectivity index (χ0) is 11.7. The van der Waals surface area contributed by atoms with E-state index in [0.29, 0.717) is 5.71 Å². The van der Waals surface area contributed by atoms with E-state index in [1.165, 1.54) is 0 Å². The van der Waals surface area contributed by atoms with Crippen molar-refractivity contribution in [3.05, 3.63) is 35.6 Å². The van der Waals surface area contributed by atoms with E-state index in [4.69, 9.17) is 5.11 Å². The minimum absolute atomic E-state index is 0.240. The van der Waals surface area contributed by atoms with Crippen molar-refractivity contribution in [2.45, 2.75) is 13.3 Å². The molecule has 16 heavy (non-hydrogen) atoms. The molecule has 4 heteroatoms. The molecule has 1 atom stereocenters. The Labute approximate surface area is 92.7 Å². The monoisotopic (exact) mass is 217 g/mol. The number of allylic oxidation sites excluding steroid dienone is 4. The van der Waals surface area contributed by atoms with Gasteiger partial charge in [0.1, 0.15) is 5.57 Å². The number of nitrogens with zero attached hydrogens (tertiary/aromatic N) is 1. The number of hydrogen-bond donors (Lipinski definition) is 1. The molecule has 2 rings (SSSR count). The quantitative estimate of drug-likeness (QED) is 0.713. The fourth-order valence-corrected chi connectivity index (χ4v) is 1.75. The van der Waals surface area contributed by atoms with Gasteiger partial charge in [-0.15, -0.1) is 0 Å². The van der Waals surface area contributed by atoms with Crippen LogP contribution in [0, 0.1) is 5.92 Å². The lowest BCUT2D eigenvalue weighted by atomic mass is 9.85. The Morgan fingerprint density at radius 3 is 2.88 bits per heavy atom. The van der Waals surface area contributed by atoms with E-state index in [2.05, 4.69) is 4.99 Å². The largest absolute Gasteiger partial charge is 0.478 e. The van der Waals surface area contributed by atoms with Crippen LogP contribution in [0.3, 0.4) is 0 Å². The molecule has 1 aliphatic heterocycles. The fraction of sp³-hybridized carbons (Fsp3) is 0.250. The SMILES string of the molecule is CCC1=CC2C(=O)C(C(=O)O)=CN=C2C=C1. The predicted octanol–water partition coefficient (Wildman–Crippen LogP) is 1.50. The van der Waals surface area contributed by atoms with Gasteiger partial charge in [0.2, 0.25) is 0 Å². The molecular formula is C12H11NO3. The maximum absolute atomic E-state index is 11.9. The van der Waals surface area contributed by atoms with Crippen LogP contribution >= 0.6 is 0 Å². The minimum atomic E-state index is -1.21. The molecule has 0 aromatic rings. The number of aliphatic imine (C=N–C) groups is 1. The average molecular weight is 217 g/mol. The highest BCUT2D eigenvalue weighted by atomic mass is 16.4. The minimum Gasteiger partial charge on any atom is -0.478 e. The molecule has 82 valence electrons. The molecule has 4 nitrogen and oxygen atoms in total. The summed E-state index contributed by atoms with van der Waals surface area (Å²) in [6.45, 7) is 1.99. The molecule has 1 N–H and O–H groups in total. The second-order valence-electron chi connectivity index (χ2n) is 3.67. The Kier molecular flexibility index (Phi) is 2.56. The standard InChI is InChI=1S/C12H11NO3/c1-2-7-3-4-10-8(5-7)11(14)9(6-13-10)12(15)16/h3-6,8H,2H2,1H3,(H,15,16). The van der Waals surface area contributed by atoms with Crippen LogP contribution in [-0.2, 0) is 9.59 Å². The molecule has 2 aliphatic rings. The van der Waals surface area contributed by atoms with E-state index in [9.17, 15) is 9.59 Å². The summed E-state index contributed by atoms with van der Waals surface area (Å²) in [7, 11) is 0. The maximum atomic E-state index is 11.9. The van der Waals surface area contributed by atoms with Crippen molar-refractivity contribution >= 4 is 17.5 Å². The van der Waals surface area contributed by atoms with Gasteiger partial charge in [-0.3, -0.25) is 9.79 Å². The Balaban J connectivity index is 2.40. The number of carbonyl (C=O) groups is 2. The van der Waals surface area contributed by atoms with E-state index in [1.807, 2.05) is 13.0 Å². The number of carboxylic acid groups (broad SMARTS) is 1. The van der Waals surface area contributed by atoms with Gasteiger partial charge in [-0.05, 0) is 12.5 Å². The summed E-state index contributed by atoms with van der Waals surface area (Å²) in [5, 5.41) is 8.82. The maximum Gasteiger partial charge on any atom is 0.340 e. The normalized spacial score (nSPS) is 23.2. The van der Waals surface area contributed by atoms with Gasteiger partial charge in [-0.2, -0.15) is 0 Å². The first-order valence-electron chi connectivity index (χ1n) is 5.07. The van der Waals surface area contributed by atoms with Gasteiger partial charge in [0.05, 0.1) is 11.6 Å². The van der Waals surface area contributed by atoms with Gasteiger partial charge >= 0.3 is 5.97 Å². The number of ketones is 1. The first kappa shape index (κ1) is 10.5. The number of rotatable bonds is 2. The highest BCUT2D eigenvalue weighted by Gasteiger charge is 2.32. The van der Waals surface area contributed by atoms with Crippen molar-refractivity contribution in [3.8, 4) is 0 Å². The van der Waals surface area contributed by atoms with Crippen LogP contribution in [0.1, 0.15) is 13.3 Å². The number of carbonyl (C=O) groups excluding carboxylic acids is 1. The third kappa shape index (κ3) is 1.62. The van der Waals surface area contributed by atoms with Crippen LogP contribution in [-0.4, -0.2) is 22.6 Å². The van der Waals surface area contributed by atoms with Crippen molar-refractivity contribution < 1.29 is 14.7 Å². The summed E-state index contributed by atoms with van der Waals surface area (Å²) < 4.78 is 0. The molecule has 0 saturated carbocycles. The van der Waals surface area contributed by atoms with Crippen molar-refractivity contribution in [3.63, 3.8) is 0 Å². The molecule has 1 heterocycles. The third-order valence-electron chi connectivity index (χ3n) is 2.70. The average Bonchev–Trinajstić information content (AvgIpc) is 2.28. The van der Waals surface area contributed by atoms with Gasteiger partial charge < -0.3 is 5.11 Å². The molecule has 0 aromatic heterocycles. The molecule has 0 spiro atoms. The van der Waals surface area contributed by atoms with E-state index < -0.39 is 11.9 Å². The smallest absolute Gasteiger partial charge is 0.340 e. The molecule has 0 bridgehead atoms. The number of fused-ring (bicyclic) bond motifs is 1. The van der Waals surface area contributed by atoms with Crippen LogP contribution in [0.4, 0.5) is 0 Å². The van der Waals surface area contributed by atoms with Crippen LogP contribution in [0.5, 0.6) is 0 Å². The lowest BCUT2D eigenvalue weighted by molar-refractivity contribution is -0.134. The number of Topliss-reactive ketones (excluding diaryl/α,β-unsaturated/α-hetero) is 1. The van der Waals surface area contributed by atoms with Gasteiger partial charge in [0.25, 0.3) is 0 Å². The zero-order valence-electron chi connectivity index (χ0n) is 8.80. The predicted molar refractivity (Wildman–Crippen MR) is 59.2 cm³/mol. The van der Waals surface area contributed by atoms with Gasteiger partial charge in [-0.1, -0.05) is 24.6 Å². The molecule has 1 unspecified atom stereocenters. The second-order valence-corrected chi connectivity index (χ2v) is 3.67. The van der Waals surface area contributed by atoms with Gasteiger partial charge in [0, 0.05) is 6.20 Å². The van der Waals surface area contributed by atoms with E-state index in [-0.39, 0.29) is 11.4 Å². The Morgan fingerprint density at radius 1 is 1.50 bits per heavy atom. The molecule has 0 radical (unpaired) electrons. The summed E-state index contributed by atoms with van der Waals surface area (Å²) in [5.74, 6) is -2.11. The van der Waals surface area contributed by atoms with E-state index in [1.54, 1.807) is 12.2 Å². The molecular weight excluding hydrogens is 206 g/mol. The summed E-state index contributed by atoms with van der Waals surface area (Å²) in [4.78, 5) is 26.6. The highest BCUT2D eigenvalue weighted by Crippen LogP contribution is 2.24. The Bertz CT molecular complexity index is 480. The lowest BCUT2D eigenvalue weighted by Gasteiger charge is -2.20. The van der Waals surface area contributed by atoms with Crippen LogP contribution in [0.2, 0.25) is 0 Å². The molecule has 0 aromatic carbocycles. The van der Waals surface area contributed by atoms with E-state index >= 15 is 0 Å².